The minimum absolute atomic E-state index is 0.0122. The summed E-state index contributed by atoms with van der Waals surface area (Å²) < 4.78 is 38.6. The van der Waals surface area contributed by atoms with Crippen LogP contribution in [0.2, 0.25) is 0 Å². The first kappa shape index (κ1) is 14.7. The Morgan fingerprint density at radius 1 is 1.19 bits per heavy atom. The number of benzene rings is 1. The molecule has 1 saturated carbocycles. The SMILES string of the molecule is CC1(C)CCC(NS(=O)(=O)c2ccc3c(c2)OCCO3)C1. The number of rotatable bonds is 3. The van der Waals surface area contributed by atoms with Crippen molar-refractivity contribution in [1.82, 2.24) is 4.72 Å². The molecule has 1 fully saturated rings. The maximum atomic E-state index is 12.5. The fourth-order valence-corrected chi connectivity index (χ4v) is 4.30. The number of hydrogen-bond acceptors (Lipinski definition) is 4. The summed E-state index contributed by atoms with van der Waals surface area (Å²) in [7, 11) is -3.51. The van der Waals surface area contributed by atoms with Crippen molar-refractivity contribution in [2.45, 2.75) is 44.0 Å². The summed E-state index contributed by atoms with van der Waals surface area (Å²) in [5, 5.41) is 0. The zero-order chi connectivity index (χ0) is 15.1. The van der Waals surface area contributed by atoms with Gasteiger partial charge in [-0.2, -0.15) is 0 Å². The molecule has 6 heteroatoms. The summed E-state index contributed by atoms with van der Waals surface area (Å²) in [6.45, 7) is 5.28. The Hall–Kier alpha value is -1.27. The van der Waals surface area contributed by atoms with Gasteiger partial charge in [-0.15, -0.1) is 0 Å². The third-order valence-corrected chi connectivity index (χ3v) is 5.63. The van der Waals surface area contributed by atoms with Gasteiger partial charge < -0.3 is 9.47 Å². The molecule has 1 aliphatic carbocycles. The van der Waals surface area contributed by atoms with E-state index in [2.05, 4.69) is 18.6 Å². The van der Waals surface area contributed by atoms with Crippen molar-refractivity contribution in [3.8, 4) is 11.5 Å². The molecule has 3 rings (SSSR count). The third kappa shape index (κ3) is 3.16. The van der Waals surface area contributed by atoms with Crippen LogP contribution in [0.3, 0.4) is 0 Å². The largest absolute Gasteiger partial charge is 0.486 e. The van der Waals surface area contributed by atoms with Crippen LogP contribution in [0.25, 0.3) is 0 Å². The number of sulfonamides is 1. The zero-order valence-electron chi connectivity index (χ0n) is 12.4. The van der Waals surface area contributed by atoms with Crippen LogP contribution >= 0.6 is 0 Å². The number of nitrogens with one attached hydrogen (secondary N) is 1. The van der Waals surface area contributed by atoms with Gasteiger partial charge in [-0.3, -0.25) is 0 Å². The van der Waals surface area contributed by atoms with E-state index in [1.54, 1.807) is 12.1 Å². The van der Waals surface area contributed by atoms with Crippen LogP contribution in [-0.2, 0) is 10.0 Å². The lowest BCUT2D eigenvalue weighted by atomic mass is 9.92. The number of hydrogen-bond donors (Lipinski definition) is 1. The van der Waals surface area contributed by atoms with Crippen LogP contribution in [0.5, 0.6) is 11.5 Å². The maximum Gasteiger partial charge on any atom is 0.240 e. The van der Waals surface area contributed by atoms with Gasteiger partial charge in [0.05, 0.1) is 4.90 Å². The van der Waals surface area contributed by atoms with Crippen LogP contribution in [0.1, 0.15) is 33.1 Å². The van der Waals surface area contributed by atoms with Gasteiger partial charge in [0.2, 0.25) is 10.0 Å². The first-order valence-electron chi connectivity index (χ1n) is 7.28. The first-order valence-corrected chi connectivity index (χ1v) is 8.76. The molecule has 0 aromatic heterocycles. The van der Waals surface area contributed by atoms with Crippen LogP contribution in [0.15, 0.2) is 23.1 Å². The predicted molar refractivity (Wildman–Crippen MR) is 79.2 cm³/mol. The average Bonchev–Trinajstić information content (AvgIpc) is 2.76. The molecule has 1 aromatic carbocycles. The maximum absolute atomic E-state index is 12.5. The standard InChI is InChI=1S/C15H21NO4S/c1-15(2)6-5-11(10-15)16-21(17,18)12-3-4-13-14(9-12)20-8-7-19-13/h3-4,9,11,16H,5-8,10H2,1-2H3. The summed E-state index contributed by atoms with van der Waals surface area (Å²) in [5.74, 6) is 1.10. The Balaban J connectivity index is 1.79. The Morgan fingerprint density at radius 3 is 2.57 bits per heavy atom. The summed E-state index contributed by atoms with van der Waals surface area (Å²) >= 11 is 0. The van der Waals surface area contributed by atoms with Crippen LogP contribution in [0, 0.1) is 5.41 Å². The molecule has 21 heavy (non-hydrogen) atoms. The van der Waals surface area contributed by atoms with E-state index in [1.807, 2.05) is 0 Å². The molecule has 116 valence electrons. The van der Waals surface area contributed by atoms with Gasteiger partial charge in [0, 0.05) is 12.1 Å². The zero-order valence-corrected chi connectivity index (χ0v) is 13.2. The minimum atomic E-state index is -3.51. The molecule has 1 atom stereocenters. The van der Waals surface area contributed by atoms with E-state index in [9.17, 15) is 8.42 Å². The summed E-state index contributed by atoms with van der Waals surface area (Å²) in [5.41, 5.74) is 0.208. The first-order chi connectivity index (χ1) is 9.86. The monoisotopic (exact) mass is 311 g/mol. The molecule has 1 heterocycles. The molecule has 0 spiro atoms. The highest BCUT2D eigenvalue weighted by Crippen LogP contribution is 2.38. The van der Waals surface area contributed by atoms with Gasteiger partial charge in [-0.05, 0) is 36.8 Å². The van der Waals surface area contributed by atoms with Gasteiger partial charge in [-0.1, -0.05) is 13.8 Å². The highest BCUT2D eigenvalue weighted by molar-refractivity contribution is 7.89. The van der Waals surface area contributed by atoms with E-state index >= 15 is 0 Å². The molecule has 0 radical (unpaired) electrons. The normalized spacial score (nSPS) is 24.0. The fraction of sp³-hybridized carbons (Fsp3) is 0.600. The van der Waals surface area contributed by atoms with Crippen molar-refractivity contribution in [3.05, 3.63) is 18.2 Å². The average molecular weight is 311 g/mol. The van der Waals surface area contributed by atoms with E-state index < -0.39 is 10.0 Å². The summed E-state index contributed by atoms with van der Waals surface area (Å²) in [6, 6.07) is 4.77. The summed E-state index contributed by atoms with van der Waals surface area (Å²) in [6.07, 6.45) is 2.80. The molecule has 2 aliphatic rings. The molecule has 5 nitrogen and oxygen atoms in total. The second kappa shape index (κ2) is 5.18. The van der Waals surface area contributed by atoms with E-state index in [0.29, 0.717) is 24.7 Å². The smallest absolute Gasteiger partial charge is 0.240 e. The van der Waals surface area contributed by atoms with E-state index in [-0.39, 0.29) is 16.4 Å². The van der Waals surface area contributed by atoms with Gasteiger partial charge in [0.25, 0.3) is 0 Å². The molecule has 1 N–H and O–H groups in total. The second-order valence-corrected chi connectivity index (χ2v) is 8.24. The molecular weight excluding hydrogens is 290 g/mol. The van der Waals surface area contributed by atoms with Crippen molar-refractivity contribution in [3.63, 3.8) is 0 Å². The Bertz CT molecular complexity index is 639. The second-order valence-electron chi connectivity index (χ2n) is 6.53. The van der Waals surface area contributed by atoms with Crippen LogP contribution in [-0.4, -0.2) is 27.7 Å². The van der Waals surface area contributed by atoms with Crippen LogP contribution < -0.4 is 14.2 Å². The number of fused-ring (bicyclic) bond motifs is 1. The van der Waals surface area contributed by atoms with Crippen molar-refractivity contribution in [1.29, 1.82) is 0 Å². The highest BCUT2D eigenvalue weighted by Gasteiger charge is 2.33. The topological polar surface area (TPSA) is 64.6 Å². The van der Waals surface area contributed by atoms with Crippen LogP contribution in [0.4, 0.5) is 0 Å². The Labute approximate surface area is 125 Å². The van der Waals surface area contributed by atoms with E-state index in [1.165, 1.54) is 6.07 Å². The lowest BCUT2D eigenvalue weighted by Gasteiger charge is -2.20. The predicted octanol–water partition coefficient (Wildman–Crippen LogP) is 2.31. The lowest BCUT2D eigenvalue weighted by molar-refractivity contribution is 0.171. The van der Waals surface area contributed by atoms with Gasteiger partial charge >= 0.3 is 0 Å². The van der Waals surface area contributed by atoms with Crippen molar-refractivity contribution in [2.24, 2.45) is 5.41 Å². The Morgan fingerprint density at radius 2 is 1.90 bits per heavy atom. The van der Waals surface area contributed by atoms with Crippen molar-refractivity contribution in [2.75, 3.05) is 13.2 Å². The van der Waals surface area contributed by atoms with Crippen molar-refractivity contribution < 1.29 is 17.9 Å². The molecule has 0 amide bonds. The van der Waals surface area contributed by atoms with E-state index in [0.717, 1.165) is 19.3 Å². The Kier molecular flexibility index (Phi) is 3.61. The van der Waals surface area contributed by atoms with Gasteiger partial charge in [0.1, 0.15) is 13.2 Å². The highest BCUT2D eigenvalue weighted by atomic mass is 32.2. The summed E-state index contributed by atoms with van der Waals surface area (Å²) in [4.78, 5) is 0.233. The number of ether oxygens (including phenoxy) is 2. The molecule has 1 aliphatic heterocycles. The molecule has 1 unspecified atom stereocenters. The molecule has 0 saturated heterocycles. The minimum Gasteiger partial charge on any atom is -0.486 e. The van der Waals surface area contributed by atoms with Gasteiger partial charge in [-0.25, -0.2) is 13.1 Å². The van der Waals surface area contributed by atoms with Gasteiger partial charge in [0.15, 0.2) is 11.5 Å². The quantitative estimate of drug-likeness (QED) is 0.930. The third-order valence-electron chi connectivity index (χ3n) is 4.11. The van der Waals surface area contributed by atoms with Crippen molar-refractivity contribution >= 4 is 10.0 Å². The fourth-order valence-electron chi connectivity index (χ4n) is 3.02. The van der Waals surface area contributed by atoms with E-state index in [4.69, 9.17) is 9.47 Å². The molecular formula is C15H21NO4S. The molecule has 0 bridgehead atoms. The molecule has 1 aromatic rings. The lowest BCUT2D eigenvalue weighted by Crippen LogP contribution is -2.33.